The number of hydrogen-bond donors (Lipinski definition) is 3. The van der Waals surface area contributed by atoms with E-state index in [1.807, 2.05) is 18.2 Å². The van der Waals surface area contributed by atoms with Gasteiger partial charge in [-0.15, -0.1) is 0 Å². The van der Waals surface area contributed by atoms with Crippen molar-refractivity contribution in [2.24, 2.45) is 5.73 Å². The van der Waals surface area contributed by atoms with Crippen LogP contribution < -0.4 is 5.73 Å². The summed E-state index contributed by atoms with van der Waals surface area (Å²) in [6.45, 7) is 0. The molecule has 0 saturated heterocycles. The average molecular weight is 187 g/mol. The van der Waals surface area contributed by atoms with Crippen molar-refractivity contribution >= 4 is 5.84 Å². The Labute approximate surface area is 80.5 Å². The number of aromatic amines is 1. The van der Waals surface area contributed by atoms with Gasteiger partial charge in [-0.25, -0.2) is 0 Å². The van der Waals surface area contributed by atoms with Crippen LogP contribution in [0.3, 0.4) is 0 Å². The van der Waals surface area contributed by atoms with E-state index in [9.17, 15) is 0 Å². The zero-order valence-electron chi connectivity index (χ0n) is 7.36. The number of H-pyrrole nitrogens is 1. The van der Waals surface area contributed by atoms with Gasteiger partial charge in [-0.05, 0) is 12.1 Å². The molecule has 2 heterocycles. The van der Waals surface area contributed by atoms with Crippen LogP contribution in [0.5, 0.6) is 0 Å². The molecule has 5 heteroatoms. The Balaban J connectivity index is 2.52. The molecule has 2 aromatic heterocycles. The van der Waals surface area contributed by atoms with Crippen molar-refractivity contribution in [2.45, 2.75) is 0 Å². The third-order valence-electron chi connectivity index (χ3n) is 1.85. The molecule has 0 aliphatic rings. The second kappa shape index (κ2) is 3.29. The number of hydrogen-bond acceptors (Lipinski definition) is 3. The lowest BCUT2D eigenvalue weighted by Gasteiger charge is -1.99. The normalized spacial score (nSPS) is 10.0. The molecule has 0 aliphatic carbocycles. The van der Waals surface area contributed by atoms with Gasteiger partial charge in [0.25, 0.3) is 0 Å². The molecular formula is C9H9N5. The van der Waals surface area contributed by atoms with Crippen LogP contribution in [0.4, 0.5) is 0 Å². The summed E-state index contributed by atoms with van der Waals surface area (Å²) in [7, 11) is 0. The van der Waals surface area contributed by atoms with E-state index in [4.69, 9.17) is 11.1 Å². The van der Waals surface area contributed by atoms with E-state index in [-0.39, 0.29) is 5.84 Å². The van der Waals surface area contributed by atoms with Gasteiger partial charge in [0, 0.05) is 6.20 Å². The van der Waals surface area contributed by atoms with Gasteiger partial charge in [-0.2, -0.15) is 5.10 Å². The van der Waals surface area contributed by atoms with E-state index in [0.717, 1.165) is 5.69 Å². The quantitative estimate of drug-likeness (QED) is 0.478. The first kappa shape index (κ1) is 8.43. The molecule has 0 fully saturated rings. The molecule has 0 aliphatic heterocycles. The Hall–Kier alpha value is -2.17. The van der Waals surface area contributed by atoms with Crippen LogP contribution >= 0.6 is 0 Å². The van der Waals surface area contributed by atoms with E-state index >= 15 is 0 Å². The molecule has 0 unspecified atom stereocenters. The SMILES string of the molecule is N=C(N)c1cn[nH]c1-c1ccccn1. The van der Waals surface area contributed by atoms with Crippen LogP contribution in [0.25, 0.3) is 11.4 Å². The molecular weight excluding hydrogens is 178 g/mol. The van der Waals surface area contributed by atoms with Gasteiger partial charge in [0.1, 0.15) is 5.84 Å². The molecule has 14 heavy (non-hydrogen) atoms. The molecule has 0 spiro atoms. The van der Waals surface area contributed by atoms with Crippen LogP contribution in [0.2, 0.25) is 0 Å². The fraction of sp³-hybridized carbons (Fsp3) is 0. The van der Waals surface area contributed by atoms with E-state index in [1.54, 1.807) is 6.20 Å². The highest BCUT2D eigenvalue weighted by atomic mass is 15.1. The molecule has 0 atom stereocenters. The van der Waals surface area contributed by atoms with Gasteiger partial charge in [0.05, 0.1) is 23.1 Å². The van der Waals surface area contributed by atoms with E-state index in [1.165, 1.54) is 6.20 Å². The number of nitrogens with two attached hydrogens (primary N) is 1. The zero-order valence-corrected chi connectivity index (χ0v) is 7.36. The number of pyridine rings is 1. The van der Waals surface area contributed by atoms with Crippen LogP contribution in [0.15, 0.2) is 30.6 Å². The maximum atomic E-state index is 7.33. The molecule has 4 N–H and O–H groups in total. The number of nitrogens with zero attached hydrogens (tertiary/aromatic N) is 2. The lowest BCUT2D eigenvalue weighted by atomic mass is 10.2. The zero-order chi connectivity index (χ0) is 9.97. The third-order valence-corrected chi connectivity index (χ3v) is 1.85. The molecule has 2 rings (SSSR count). The molecule has 5 nitrogen and oxygen atoms in total. The Morgan fingerprint density at radius 3 is 2.93 bits per heavy atom. The molecule has 0 aromatic carbocycles. The van der Waals surface area contributed by atoms with Gasteiger partial charge < -0.3 is 5.73 Å². The summed E-state index contributed by atoms with van der Waals surface area (Å²) >= 11 is 0. The second-order valence-corrected chi connectivity index (χ2v) is 2.79. The number of aromatic nitrogens is 3. The van der Waals surface area contributed by atoms with Gasteiger partial charge >= 0.3 is 0 Å². The summed E-state index contributed by atoms with van der Waals surface area (Å²) in [6, 6.07) is 5.53. The third kappa shape index (κ3) is 1.35. The van der Waals surface area contributed by atoms with Crippen molar-refractivity contribution in [1.29, 1.82) is 5.41 Å². The Morgan fingerprint density at radius 1 is 1.43 bits per heavy atom. The smallest absolute Gasteiger partial charge is 0.126 e. The van der Waals surface area contributed by atoms with Gasteiger partial charge in [0.2, 0.25) is 0 Å². The largest absolute Gasteiger partial charge is 0.384 e. The summed E-state index contributed by atoms with van der Waals surface area (Å²) in [5.74, 6) is -0.0144. The fourth-order valence-corrected chi connectivity index (χ4v) is 1.20. The first-order valence-electron chi connectivity index (χ1n) is 4.08. The predicted molar refractivity (Wildman–Crippen MR) is 52.8 cm³/mol. The number of amidine groups is 1. The Bertz CT molecular complexity index is 445. The van der Waals surface area contributed by atoms with Gasteiger partial charge in [-0.3, -0.25) is 15.5 Å². The second-order valence-electron chi connectivity index (χ2n) is 2.79. The van der Waals surface area contributed by atoms with Crippen LogP contribution in [0, 0.1) is 5.41 Å². The topological polar surface area (TPSA) is 91.4 Å². The first-order chi connectivity index (χ1) is 6.79. The van der Waals surface area contributed by atoms with Crippen molar-refractivity contribution < 1.29 is 0 Å². The van der Waals surface area contributed by atoms with E-state index in [0.29, 0.717) is 11.3 Å². The first-order valence-corrected chi connectivity index (χ1v) is 4.08. The summed E-state index contributed by atoms with van der Waals surface area (Å²) in [6.07, 6.45) is 3.20. The van der Waals surface area contributed by atoms with Crippen molar-refractivity contribution in [3.63, 3.8) is 0 Å². The van der Waals surface area contributed by atoms with Gasteiger partial charge in [0.15, 0.2) is 0 Å². The van der Waals surface area contributed by atoms with Crippen molar-refractivity contribution in [3.05, 3.63) is 36.2 Å². The number of nitrogen functional groups attached to an aromatic ring is 1. The lowest BCUT2D eigenvalue weighted by Crippen LogP contribution is -2.11. The highest BCUT2D eigenvalue weighted by Gasteiger charge is 2.09. The summed E-state index contributed by atoms with van der Waals surface area (Å²) in [5.41, 5.74) is 7.38. The monoisotopic (exact) mass is 187 g/mol. The minimum atomic E-state index is -0.0144. The van der Waals surface area contributed by atoms with Crippen LogP contribution in [-0.2, 0) is 0 Å². The summed E-state index contributed by atoms with van der Waals surface area (Å²) < 4.78 is 0. The van der Waals surface area contributed by atoms with Crippen molar-refractivity contribution in [3.8, 4) is 11.4 Å². The maximum Gasteiger partial charge on any atom is 0.126 e. The lowest BCUT2D eigenvalue weighted by molar-refractivity contribution is 1.09. The van der Waals surface area contributed by atoms with Crippen molar-refractivity contribution in [2.75, 3.05) is 0 Å². The molecule has 2 aromatic rings. The standard InChI is InChI=1S/C9H9N5/c10-9(11)6-5-13-14-8(6)7-3-1-2-4-12-7/h1-5H,(H3,10,11)(H,13,14). The molecule has 70 valence electrons. The van der Waals surface area contributed by atoms with Crippen LogP contribution in [0.1, 0.15) is 5.56 Å². The molecule has 0 saturated carbocycles. The van der Waals surface area contributed by atoms with E-state index < -0.39 is 0 Å². The van der Waals surface area contributed by atoms with Gasteiger partial charge in [-0.1, -0.05) is 6.07 Å². The highest BCUT2D eigenvalue weighted by molar-refractivity contribution is 5.99. The predicted octanol–water partition coefficient (Wildman–Crippen LogP) is 0.756. The van der Waals surface area contributed by atoms with E-state index in [2.05, 4.69) is 15.2 Å². The number of rotatable bonds is 2. The summed E-state index contributed by atoms with van der Waals surface area (Å²) in [5, 5.41) is 13.9. The molecule has 0 radical (unpaired) electrons. The summed E-state index contributed by atoms with van der Waals surface area (Å²) in [4.78, 5) is 4.14. The van der Waals surface area contributed by atoms with Crippen LogP contribution in [-0.4, -0.2) is 21.0 Å². The minimum Gasteiger partial charge on any atom is -0.384 e. The average Bonchev–Trinajstić information content (AvgIpc) is 2.67. The molecule has 0 amide bonds. The van der Waals surface area contributed by atoms with Crippen molar-refractivity contribution in [1.82, 2.24) is 15.2 Å². The molecule has 0 bridgehead atoms. The highest BCUT2D eigenvalue weighted by Crippen LogP contribution is 2.17. The Kier molecular flexibility index (Phi) is 1.98. The number of nitrogens with one attached hydrogen (secondary N) is 2. The minimum absolute atomic E-state index is 0.0144. The maximum absolute atomic E-state index is 7.33. The fourth-order valence-electron chi connectivity index (χ4n) is 1.20. The Morgan fingerprint density at radius 2 is 2.29 bits per heavy atom.